The summed E-state index contributed by atoms with van der Waals surface area (Å²) >= 11 is 3.24. The van der Waals surface area contributed by atoms with Crippen LogP contribution < -0.4 is 10.2 Å². The summed E-state index contributed by atoms with van der Waals surface area (Å²) in [5, 5.41) is 7.92. The summed E-state index contributed by atoms with van der Waals surface area (Å²) in [7, 11) is 0. The molecule has 3 aromatic rings. The number of aromatic nitrogens is 1. The van der Waals surface area contributed by atoms with Gasteiger partial charge in [-0.25, -0.2) is 4.98 Å². The Hall–Kier alpha value is -2.18. The molecule has 136 valence electrons. The SMILES string of the molecule is CCN(c1ccc(NC(=O)Cc2csc(-c3cccs3)n2)cc1)C(C)C. The second-order valence-electron chi connectivity index (χ2n) is 6.27. The standard InChI is InChI=1S/C20H23N3OS2/c1-4-23(14(2)3)17-9-7-15(8-10-17)21-19(24)12-16-13-26-20(22-16)18-6-5-11-25-18/h5-11,13-14H,4,12H2,1-3H3,(H,21,24). The van der Waals surface area contributed by atoms with Gasteiger partial charge in [0.25, 0.3) is 0 Å². The van der Waals surface area contributed by atoms with E-state index >= 15 is 0 Å². The predicted octanol–water partition coefficient (Wildman–Crippen LogP) is 5.29. The van der Waals surface area contributed by atoms with Crippen LogP contribution in [0.25, 0.3) is 9.88 Å². The van der Waals surface area contributed by atoms with E-state index in [1.807, 2.05) is 35.0 Å². The second-order valence-corrected chi connectivity index (χ2v) is 8.08. The molecule has 0 aliphatic heterocycles. The van der Waals surface area contributed by atoms with Crippen LogP contribution in [-0.4, -0.2) is 23.5 Å². The van der Waals surface area contributed by atoms with Crippen LogP contribution in [0.4, 0.5) is 11.4 Å². The summed E-state index contributed by atoms with van der Waals surface area (Å²) in [5.41, 5.74) is 2.79. The van der Waals surface area contributed by atoms with E-state index in [0.29, 0.717) is 6.04 Å². The van der Waals surface area contributed by atoms with Gasteiger partial charge in [0.1, 0.15) is 5.01 Å². The fraction of sp³-hybridized carbons (Fsp3) is 0.300. The van der Waals surface area contributed by atoms with Crippen LogP contribution in [0.1, 0.15) is 26.5 Å². The Kier molecular flexibility index (Phi) is 6.06. The minimum Gasteiger partial charge on any atom is -0.369 e. The number of thiophene rings is 1. The largest absolute Gasteiger partial charge is 0.369 e. The molecule has 0 saturated carbocycles. The van der Waals surface area contributed by atoms with Crippen LogP contribution in [0.3, 0.4) is 0 Å². The molecule has 1 amide bonds. The number of thiazole rings is 1. The Morgan fingerprint density at radius 2 is 1.96 bits per heavy atom. The van der Waals surface area contributed by atoms with Crippen molar-refractivity contribution in [2.75, 3.05) is 16.8 Å². The zero-order chi connectivity index (χ0) is 18.5. The molecule has 26 heavy (non-hydrogen) atoms. The quantitative estimate of drug-likeness (QED) is 0.601. The third-order valence-corrected chi connectivity index (χ3v) is 6.00. The number of rotatable bonds is 7. The van der Waals surface area contributed by atoms with E-state index in [-0.39, 0.29) is 12.3 Å². The topological polar surface area (TPSA) is 45.2 Å². The minimum absolute atomic E-state index is 0.0445. The van der Waals surface area contributed by atoms with Gasteiger partial charge in [-0.15, -0.1) is 22.7 Å². The normalized spacial score (nSPS) is 10.9. The molecule has 0 atom stereocenters. The summed E-state index contributed by atoms with van der Waals surface area (Å²) in [5.74, 6) is -0.0445. The fourth-order valence-electron chi connectivity index (χ4n) is 2.85. The average molecular weight is 386 g/mol. The van der Waals surface area contributed by atoms with Crippen LogP contribution in [0.15, 0.2) is 47.2 Å². The molecule has 6 heteroatoms. The van der Waals surface area contributed by atoms with Gasteiger partial charge in [-0.2, -0.15) is 0 Å². The van der Waals surface area contributed by atoms with E-state index in [9.17, 15) is 4.79 Å². The van der Waals surface area contributed by atoms with Crippen molar-refractivity contribution < 1.29 is 4.79 Å². The summed E-state index contributed by atoms with van der Waals surface area (Å²) in [4.78, 5) is 20.3. The maximum absolute atomic E-state index is 12.3. The first-order valence-electron chi connectivity index (χ1n) is 8.71. The first-order chi connectivity index (χ1) is 12.6. The Morgan fingerprint density at radius 3 is 2.58 bits per heavy atom. The van der Waals surface area contributed by atoms with Crippen molar-refractivity contribution in [2.24, 2.45) is 0 Å². The highest BCUT2D eigenvalue weighted by atomic mass is 32.1. The lowest BCUT2D eigenvalue weighted by molar-refractivity contribution is -0.115. The zero-order valence-electron chi connectivity index (χ0n) is 15.2. The monoisotopic (exact) mass is 385 g/mol. The highest BCUT2D eigenvalue weighted by Crippen LogP contribution is 2.28. The molecule has 4 nitrogen and oxygen atoms in total. The maximum Gasteiger partial charge on any atom is 0.230 e. The third-order valence-electron chi connectivity index (χ3n) is 4.07. The number of amides is 1. The van der Waals surface area contributed by atoms with Gasteiger partial charge in [0, 0.05) is 29.3 Å². The highest BCUT2D eigenvalue weighted by molar-refractivity contribution is 7.20. The molecule has 0 fully saturated rings. The van der Waals surface area contributed by atoms with Crippen molar-refractivity contribution in [3.63, 3.8) is 0 Å². The molecule has 0 bridgehead atoms. The van der Waals surface area contributed by atoms with E-state index in [2.05, 4.69) is 48.1 Å². The molecule has 3 rings (SSSR count). The van der Waals surface area contributed by atoms with Gasteiger partial charge in [0.15, 0.2) is 0 Å². The highest BCUT2D eigenvalue weighted by Gasteiger charge is 2.11. The second kappa shape index (κ2) is 8.47. The van der Waals surface area contributed by atoms with Crippen molar-refractivity contribution in [1.82, 2.24) is 4.98 Å². The molecule has 0 saturated heterocycles. The summed E-state index contributed by atoms with van der Waals surface area (Å²) < 4.78 is 0. The van der Waals surface area contributed by atoms with Crippen molar-refractivity contribution in [3.05, 3.63) is 52.9 Å². The minimum atomic E-state index is -0.0445. The Morgan fingerprint density at radius 1 is 1.19 bits per heavy atom. The van der Waals surface area contributed by atoms with Gasteiger partial charge >= 0.3 is 0 Å². The van der Waals surface area contributed by atoms with E-state index in [4.69, 9.17) is 0 Å². The van der Waals surface area contributed by atoms with Gasteiger partial charge in [-0.3, -0.25) is 4.79 Å². The number of nitrogens with zero attached hydrogens (tertiary/aromatic N) is 2. The average Bonchev–Trinajstić information content (AvgIpc) is 3.28. The molecule has 0 radical (unpaired) electrons. The maximum atomic E-state index is 12.3. The number of nitrogens with one attached hydrogen (secondary N) is 1. The third kappa shape index (κ3) is 4.51. The smallest absolute Gasteiger partial charge is 0.230 e. The molecular weight excluding hydrogens is 362 g/mol. The first kappa shape index (κ1) is 18.6. The van der Waals surface area contributed by atoms with Crippen LogP contribution in [0, 0.1) is 0 Å². The molecule has 0 unspecified atom stereocenters. The Bertz CT molecular complexity index is 838. The molecule has 1 aromatic carbocycles. The molecule has 2 heterocycles. The van der Waals surface area contributed by atoms with Gasteiger partial charge in [0.05, 0.1) is 17.0 Å². The summed E-state index contributed by atoms with van der Waals surface area (Å²) in [6.45, 7) is 7.46. The molecular formula is C20H23N3OS2. The Labute approximate surface area is 162 Å². The van der Waals surface area contributed by atoms with Gasteiger partial charge in [-0.1, -0.05) is 6.07 Å². The zero-order valence-corrected chi connectivity index (χ0v) is 16.9. The lowest BCUT2D eigenvalue weighted by Gasteiger charge is -2.27. The van der Waals surface area contributed by atoms with Crippen molar-refractivity contribution >= 4 is 40.0 Å². The number of benzene rings is 1. The van der Waals surface area contributed by atoms with Crippen LogP contribution in [-0.2, 0) is 11.2 Å². The predicted molar refractivity (Wildman–Crippen MR) is 112 cm³/mol. The molecule has 1 N–H and O–H groups in total. The van der Waals surface area contributed by atoms with Crippen LogP contribution >= 0.6 is 22.7 Å². The fourth-order valence-corrected chi connectivity index (χ4v) is 4.49. The van der Waals surface area contributed by atoms with Crippen LogP contribution in [0.2, 0.25) is 0 Å². The number of hydrogen-bond donors (Lipinski definition) is 1. The van der Waals surface area contributed by atoms with E-state index in [1.165, 1.54) is 5.69 Å². The lowest BCUT2D eigenvalue weighted by atomic mass is 10.2. The van der Waals surface area contributed by atoms with Crippen molar-refractivity contribution in [1.29, 1.82) is 0 Å². The van der Waals surface area contributed by atoms with E-state index in [1.54, 1.807) is 22.7 Å². The van der Waals surface area contributed by atoms with Crippen molar-refractivity contribution in [2.45, 2.75) is 33.2 Å². The van der Waals surface area contributed by atoms with Gasteiger partial charge in [0.2, 0.25) is 5.91 Å². The van der Waals surface area contributed by atoms with E-state index < -0.39 is 0 Å². The summed E-state index contributed by atoms with van der Waals surface area (Å²) in [6.07, 6.45) is 0.288. The van der Waals surface area contributed by atoms with Crippen LogP contribution in [0.5, 0.6) is 0 Å². The number of carbonyl (C=O) groups is 1. The van der Waals surface area contributed by atoms with Gasteiger partial charge in [-0.05, 0) is 56.5 Å². The first-order valence-corrected chi connectivity index (χ1v) is 10.5. The molecule has 0 aliphatic carbocycles. The van der Waals surface area contributed by atoms with Gasteiger partial charge < -0.3 is 10.2 Å². The Balaban J connectivity index is 1.60. The lowest BCUT2D eigenvalue weighted by Crippen LogP contribution is -2.30. The summed E-state index contributed by atoms with van der Waals surface area (Å²) in [6, 6.07) is 12.5. The number of anilines is 2. The molecule has 0 aliphatic rings. The number of hydrogen-bond acceptors (Lipinski definition) is 5. The van der Waals surface area contributed by atoms with Crippen molar-refractivity contribution in [3.8, 4) is 9.88 Å². The van der Waals surface area contributed by atoms with E-state index in [0.717, 1.165) is 27.8 Å². The molecule has 0 spiro atoms. The number of carbonyl (C=O) groups excluding carboxylic acids is 1. The molecule has 2 aromatic heterocycles.